The molecule has 122 valence electrons. The first-order valence-electron chi connectivity index (χ1n) is 7.72. The number of nitrogens with one attached hydrogen (secondary N) is 1. The Bertz CT molecular complexity index is 655. The zero-order chi connectivity index (χ0) is 16.9. The quantitative estimate of drug-likeness (QED) is 0.813. The molecule has 0 saturated carbocycles. The lowest BCUT2D eigenvalue weighted by Gasteiger charge is -2.26. The number of nitrogens with two attached hydrogens (primary N) is 1. The van der Waals surface area contributed by atoms with Crippen LogP contribution in [0.5, 0.6) is 0 Å². The monoisotopic (exact) mass is 374 g/mol. The largest absolute Gasteiger partial charge is 0.354 e. The van der Waals surface area contributed by atoms with Crippen LogP contribution in [0.2, 0.25) is 0 Å². The molecule has 4 heteroatoms. The van der Waals surface area contributed by atoms with Gasteiger partial charge in [-0.2, -0.15) is 0 Å². The molecule has 2 rings (SSSR count). The highest BCUT2D eigenvalue weighted by Gasteiger charge is 2.23. The second-order valence-corrected chi connectivity index (χ2v) is 7.32. The van der Waals surface area contributed by atoms with Crippen LogP contribution >= 0.6 is 15.9 Å². The summed E-state index contributed by atoms with van der Waals surface area (Å²) in [5.74, 6) is -0.114. The minimum atomic E-state index is -0.532. The molecule has 2 aromatic rings. The van der Waals surface area contributed by atoms with Gasteiger partial charge in [-0.25, -0.2) is 0 Å². The van der Waals surface area contributed by atoms with Crippen molar-refractivity contribution in [2.45, 2.75) is 31.7 Å². The number of benzene rings is 2. The molecular weight excluding hydrogens is 352 g/mol. The molecule has 0 unspecified atom stereocenters. The normalized spacial score (nSPS) is 12.7. The van der Waals surface area contributed by atoms with E-state index in [1.807, 2.05) is 42.5 Å². The highest BCUT2D eigenvalue weighted by Crippen LogP contribution is 2.25. The summed E-state index contributed by atoms with van der Waals surface area (Å²) in [6, 6.07) is 17.4. The van der Waals surface area contributed by atoms with Gasteiger partial charge in [-0.05, 0) is 29.7 Å². The Morgan fingerprint density at radius 1 is 1.17 bits per heavy atom. The molecule has 1 atom stereocenters. The first-order valence-corrected chi connectivity index (χ1v) is 8.51. The summed E-state index contributed by atoms with van der Waals surface area (Å²) in [5, 5.41) is 2.98. The predicted molar refractivity (Wildman–Crippen MR) is 98.3 cm³/mol. The minimum Gasteiger partial charge on any atom is -0.354 e. The molecule has 3 N–H and O–H groups in total. The Morgan fingerprint density at radius 3 is 2.52 bits per heavy atom. The van der Waals surface area contributed by atoms with Gasteiger partial charge in [-0.3, -0.25) is 4.79 Å². The smallest absolute Gasteiger partial charge is 0.237 e. The van der Waals surface area contributed by atoms with Gasteiger partial charge in [0.2, 0.25) is 5.91 Å². The Morgan fingerprint density at radius 2 is 1.87 bits per heavy atom. The fraction of sp³-hybridized carbons (Fsp3) is 0.316. The van der Waals surface area contributed by atoms with Gasteiger partial charge in [0, 0.05) is 16.4 Å². The predicted octanol–water partition coefficient (Wildman–Crippen LogP) is 3.41. The molecule has 0 heterocycles. The molecule has 0 spiro atoms. The summed E-state index contributed by atoms with van der Waals surface area (Å²) in [7, 11) is 0. The molecular formula is C19H23BrN2O. The van der Waals surface area contributed by atoms with Gasteiger partial charge in [0.25, 0.3) is 0 Å². The number of carbonyl (C=O) groups is 1. The Labute approximate surface area is 146 Å². The van der Waals surface area contributed by atoms with Gasteiger partial charge in [0.1, 0.15) is 0 Å². The van der Waals surface area contributed by atoms with E-state index in [1.165, 1.54) is 5.56 Å². The van der Waals surface area contributed by atoms with E-state index in [2.05, 4.69) is 47.2 Å². The molecule has 3 nitrogen and oxygen atoms in total. The SMILES string of the molecule is CC(C)(CNC(=O)[C@@H](N)Cc1ccccc1)c1cccc(Br)c1. The zero-order valence-electron chi connectivity index (χ0n) is 13.6. The molecule has 1 amide bonds. The maximum Gasteiger partial charge on any atom is 0.237 e. The lowest BCUT2D eigenvalue weighted by atomic mass is 9.84. The summed E-state index contributed by atoms with van der Waals surface area (Å²) in [6.45, 7) is 4.76. The van der Waals surface area contributed by atoms with Gasteiger partial charge in [-0.1, -0.05) is 72.2 Å². The standard InChI is InChI=1S/C19H23BrN2O/c1-19(2,15-9-6-10-16(20)12-15)13-22-18(23)17(21)11-14-7-4-3-5-8-14/h3-10,12,17H,11,13,21H2,1-2H3,(H,22,23)/t17-/m0/s1. The van der Waals surface area contributed by atoms with Crippen LogP contribution in [0, 0.1) is 0 Å². The topological polar surface area (TPSA) is 55.1 Å². The van der Waals surface area contributed by atoms with Crippen molar-refractivity contribution in [1.29, 1.82) is 0 Å². The van der Waals surface area contributed by atoms with Crippen LogP contribution in [0.4, 0.5) is 0 Å². The van der Waals surface area contributed by atoms with Crippen LogP contribution in [-0.4, -0.2) is 18.5 Å². The van der Waals surface area contributed by atoms with E-state index in [-0.39, 0.29) is 11.3 Å². The molecule has 0 radical (unpaired) electrons. The van der Waals surface area contributed by atoms with Crippen LogP contribution < -0.4 is 11.1 Å². The highest BCUT2D eigenvalue weighted by atomic mass is 79.9. The Balaban J connectivity index is 1.92. The molecule has 0 aromatic heterocycles. The van der Waals surface area contributed by atoms with Gasteiger partial charge in [0.15, 0.2) is 0 Å². The van der Waals surface area contributed by atoms with E-state index in [1.54, 1.807) is 0 Å². The average molecular weight is 375 g/mol. The van der Waals surface area contributed by atoms with E-state index in [0.717, 1.165) is 10.0 Å². The van der Waals surface area contributed by atoms with Crippen LogP contribution in [0.1, 0.15) is 25.0 Å². The van der Waals surface area contributed by atoms with Crippen molar-refractivity contribution >= 4 is 21.8 Å². The van der Waals surface area contributed by atoms with Crippen LogP contribution in [0.25, 0.3) is 0 Å². The summed E-state index contributed by atoms with van der Waals surface area (Å²) in [4.78, 5) is 12.2. The minimum absolute atomic E-state index is 0.114. The molecule has 2 aromatic carbocycles. The lowest BCUT2D eigenvalue weighted by molar-refractivity contribution is -0.122. The molecule has 0 aliphatic heterocycles. The van der Waals surface area contributed by atoms with Gasteiger partial charge < -0.3 is 11.1 Å². The summed E-state index contributed by atoms with van der Waals surface area (Å²) >= 11 is 3.49. The van der Waals surface area contributed by atoms with Gasteiger partial charge in [0.05, 0.1) is 6.04 Å². The van der Waals surface area contributed by atoms with Crippen molar-refractivity contribution < 1.29 is 4.79 Å². The second-order valence-electron chi connectivity index (χ2n) is 6.41. The first kappa shape index (κ1) is 17.7. The molecule has 23 heavy (non-hydrogen) atoms. The van der Waals surface area contributed by atoms with Crippen LogP contribution in [-0.2, 0) is 16.6 Å². The third kappa shape index (κ3) is 5.19. The Hall–Kier alpha value is -1.65. The van der Waals surface area contributed by atoms with Crippen molar-refractivity contribution in [3.8, 4) is 0 Å². The summed E-state index contributed by atoms with van der Waals surface area (Å²) in [6.07, 6.45) is 0.546. The number of hydrogen-bond acceptors (Lipinski definition) is 2. The van der Waals surface area contributed by atoms with Crippen molar-refractivity contribution in [2.24, 2.45) is 5.73 Å². The summed E-state index contributed by atoms with van der Waals surface area (Å²) in [5.41, 5.74) is 8.10. The molecule has 0 fully saturated rings. The number of amides is 1. The van der Waals surface area contributed by atoms with E-state index in [9.17, 15) is 4.79 Å². The third-order valence-electron chi connectivity index (χ3n) is 3.95. The van der Waals surface area contributed by atoms with Crippen LogP contribution in [0.15, 0.2) is 59.1 Å². The molecule has 0 saturated heterocycles. The highest BCUT2D eigenvalue weighted by molar-refractivity contribution is 9.10. The zero-order valence-corrected chi connectivity index (χ0v) is 15.1. The first-order chi connectivity index (χ1) is 10.9. The van der Waals surface area contributed by atoms with Crippen molar-refractivity contribution in [1.82, 2.24) is 5.32 Å². The van der Waals surface area contributed by atoms with Crippen molar-refractivity contribution in [3.05, 3.63) is 70.2 Å². The van der Waals surface area contributed by atoms with E-state index in [0.29, 0.717) is 13.0 Å². The van der Waals surface area contributed by atoms with E-state index < -0.39 is 6.04 Å². The third-order valence-corrected chi connectivity index (χ3v) is 4.44. The number of halogens is 1. The van der Waals surface area contributed by atoms with Gasteiger partial charge >= 0.3 is 0 Å². The summed E-state index contributed by atoms with van der Waals surface area (Å²) < 4.78 is 1.04. The number of carbonyl (C=O) groups excluding carboxylic acids is 1. The van der Waals surface area contributed by atoms with E-state index in [4.69, 9.17) is 5.73 Å². The Kier molecular flexibility index (Phi) is 5.97. The maximum atomic E-state index is 12.2. The number of rotatable bonds is 6. The van der Waals surface area contributed by atoms with Crippen molar-refractivity contribution in [2.75, 3.05) is 6.54 Å². The molecule has 0 aliphatic carbocycles. The van der Waals surface area contributed by atoms with Crippen molar-refractivity contribution in [3.63, 3.8) is 0 Å². The maximum absolute atomic E-state index is 12.2. The van der Waals surface area contributed by atoms with Gasteiger partial charge in [-0.15, -0.1) is 0 Å². The fourth-order valence-corrected chi connectivity index (χ4v) is 2.81. The molecule has 0 bridgehead atoms. The van der Waals surface area contributed by atoms with E-state index >= 15 is 0 Å². The molecule has 0 aliphatic rings. The second kappa shape index (κ2) is 7.75. The fourth-order valence-electron chi connectivity index (χ4n) is 2.41. The average Bonchev–Trinajstić information content (AvgIpc) is 2.53. The van der Waals surface area contributed by atoms with Crippen LogP contribution in [0.3, 0.4) is 0 Å². The lowest BCUT2D eigenvalue weighted by Crippen LogP contribution is -2.46. The number of hydrogen-bond donors (Lipinski definition) is 2.